The molecule has 1 fully saturated rings. The van der Waals surface area contributed by atoms with Crippen LogP contribution in [0.1, 0.15) is 51.7 Å². The summed E-state index contributed by atoms with van der Waals surface area (Å²) in [4.78, 5) is 16.5. The molecule has 26 heavy (non-hydrogen) atoms. The summed E-state index contributed by atoms with van der Waals surface area (Å²) in [5.74, 6) is 1.40. The number of amides is 1. The predicted molar refractivity (Wildman–Crippen MR) is 104 cm³/mol. The second kappa shape index (κ2) is 8.87. The van der Waals surface area contributed by atoms with Crippen molar-refractivity contribution in [2.75, 3.05) is 26.7 Å². The van der Waals surface area contributed by atoms with Crippen LogP contribution in [0.5, 0.6) is 5.75 Å². The second-order valence-corrected chi connectivity index (χ2v) is 8.39. The highest BCUT2D eigenvalue weighted by molar-refractivity contribution is 5.79. The van der Waals surface area contributed by atoms with E-state index in [1.54, 1.807) is 0 Å². The highest BCUT2D eigenvalue weighted by atomic mass is 16.5. The van der Waals surface area contributed by atoms with Gasteiger partial charge in [-0.15, -0.1) is 0 Å². The van der Waals surface area contributed by atoms with Crippen LogP contribution < -0.4 is 4.74 Å². The highest BCUT2D eigenvalue weighted by Gasteiger charge is 2.36. The molecule has 0 aliphatic carbocycles. The topological polar surface area (TPSA) is 53.0 Å². The molecule has 1 heterocycles. The van der Waals surface area contributed by atoms with Gasteiger partial charge in [0.15, 0.2) is 0 Å². The predicted octanol–water partition coefficient (Wildman–Crippen LogP) is 3.05. The summed E-state index contributed by atoms with van der Waals surface area (Å²) in [7, 11) is 2.09. The molecule has 0 bridgehead atoms. The van der Waals surface area contributed by atoms with Crippen LogP contribution in [0.15, 0.2) is 18.2 Å². The van der Waals surface area contributed by atoms with E-state index >= 15 is 0 Å². The molecule has 1 aromatic rings. The lowest BCUT2D eigenvalue weighted by Crippen LogP contribution is -2.42. The number of carbonyl (C=O) groups excluding carboxylic acids is 1. The summed E-state index contributed by atoms with van der Waals surface area (Å²) in [5.41, 5.74) is 1.88. The molecule has 1 saturated heterocycles. The van der Waals surface area contributed by atoms with Crippen molar-refractivity contribution in [2.24, 2.45) is 5.92 Å². The summed E-state index contributed by atoms with van der Waals surface area (Å²) in [6.07, 6.45) is 1.58. The van der Waals surface area contributed by atoms with Gasteiger partial charge < -0.3 is 19.6 Å². The molecule has 0 saturated carbocycles. The van der Waals surface area contributed by atoms with E-state index in [2.05, 4.69) is 45.7 Å². The largest absolute Gasteiger partial charge is 0.493 e. The normalized spacial score (nSPS) is 18.0. The van der Waals surface area contributed by atoms with E-state index in [1.807, 2.05) is 17.0 Å². The number of likely N-dealkylation sites (tertiary alicyclic amines) is 1. The SMILES string of the molecule is CCCOc1ccc(CN(C)CC2CC(=O)N(C(C)(C)C)C2)cc1CO. The average molecular weight is 363 g/mol. The molecule has 1 unspecified atom stereocenters. The van der Waals surface area contributed by atoms with E-state index in [0.717, 1.165) is 42.9 Å². The summed E-state index contributed by atoms with van der Waals surface area (Å²) < 4.78 is 5.68. The van der Waals surface area contributed by atoms with Crippen molar-refractivity contribution in [3.05, 3.63) is 29.3 Å². The lowest BCUT2D eigenvalue weighted by atomic mass is 10.1. The van der Waals surface area contributed by atoms with E-state index in [4.69, 9.17) is 4.74 Å². The summed E-state index contributed by atoms with van der Waals surface area (Å²) in [5, 5.41) is 9.60. The van der Waals surface area contributed by atoms with Crippen LogP contribution in [0.25, 0.3) is 0 Å². The monoisotopic (exact) mass is 362 g/mol. The smallest absolute Gasteiger partial charge is 0.223 e. The third-order valence-electron chi connectivity index (χ3n) is 4.79. The molecular formula is C21H34N2O3. The number of aliphatic hydroxyl groups is 1. The molecule has 1 aliphatic rings. The fourth-order valence-electron chi connectivity index (χ4n) is 3.58. The van der Waals surface area contributed by atoms with Crippen LogP contribution in [0.3, 0.4) is 0 Å². The Balaban J connectivity index is 1.93. The third kappa shape index (κ3) is 5.45. The van der Waals surface area contributed by atoms with Crippen LogP contribution in [-0.2, 0) is 17.9 Å². The summed E-state index contributed by atoms with van der Waals surface area (Å²) >= 11 is 0. The molecule has 5 heteroatoms. The molecule has 0 aromatic heterocycles. The minimum Gasteiger partial charge on any atom is -0.493 e. The van der Waals surface area contributed by atoms with Gasteiger partial charge in [0.1, 0.15) is 5.75 Å². The van der Waals surface area contributed by atoms with Crippen LogP contribution in [0.2, 0.25) is 0 Å². The molecule has 146 valence electrons. The van der Waals surface area contributed by atoms with Gasteiger partial charge in [0.25, 0.3) is 0 Å². The van der Waals surface area contributed by atoms with Gasteiger partial charge in [0.2, 0.25) is 5.91 Å². The van der Waals surface area contributed by atoms with Crippen LogP contribution in [-0.4, -0.2) is 53.1 Å². The lowest BCUT2D eigenvalue weighted by Gasteiger charge is -2.32. The Kier molecular flexibility index (Phi) is 7.07. The van der Waals surface area contributed by atoms with Crippen LogP contribution in [0.4, 0.5) is 0 Å². The Hall–Kier alpha value is -1.59. The van der Waals surface area contributed by atoms with Gasteiger partial charge >= 0.3 is 0 Å². The van der Waals surface area contributed by atoms with Crippen molar-refractivity contribution in [3.8, 4) is 5.75 Å². The fraction of sp³-hybridized carbons (Fsp3) is 0.667. The third-order valence-corrected chi connectivity index (χ3v) is 4.79. The number of rotatable bonds is 8. The Morgan fingerprint density at radius 3 is 2.65 bits per heavy atom. The lowest BCUT2D eigenvalue weighted by molar-refractivity contribution is -0.131. The van der Waals surface area contributed by atoms with Gasteiger partial charge in [0, 0.05) is 37.2 Å². The first kappa shape index (κ1) is 20.7. The second-order valence-electron chi connectivity index (χ2n) is 8.39. The Labute approximate surface area is 157 Å². The maximum Gasteiger partial charge on any atom is 0.223 e. The van der Waals surface area contributed by atoms with E-state index in [0.29, 0.717) is 18.9 Å². The number of nitrogens with zero attached hydrogens (tertiary/aromatic N) is 2. The standard InChI is InChI=1S/C21H34N2O3/c1-6-9-26-19-8-7-16(10-18(19)15-24)12-22(5)13-17-11-20(25)23(14-17)21(2,3)4/h7-8,10,17,24H,6,9,11-15H2,1-5H3. The zero-order valence-electron chi connectivity index (χ0n) is 16.9. The van der Waals surface area contributed by atoms with E-state index in [1.165, 1.54) is 0 Å². The molecule has 0 radical (unpaired) electrons. The molecule has 1 aromatic carbocycles. The number of carbonyl (C=O) groups is 1. The number of benzene rings is 1. The van der Waals surface area contributed by atoms with E-state index in [9.17, 15) is 9.90 Å². The first-order valence-electron chi connectivity index (χ1n) is 9.59. The van der Waals surface area contributed by atoms with Crippen molar-refractivity contribution in [2.45, 2.75) is 59.2 Å². The minimum absolute atomic E-state index is 0.0196. The molecule has 1 aliphatic heterocycles. The Bertz CT molecular complexity index is 610. The number of hydrogen-bond donors (Lipinski definition) is 1. The number of hydrogen-bond acceptors (Lipinski definition) is 4. The maximum absolute atomic E-state index is 12.2. The zero-order chi connectivity index (χ0) is 19.3. The van der Waals surface area contributed by atoms with Gasteiger partial charge in [-0.1, -0.05) is 13.0 Å². The van der Waals surface area contributed by atoms with Gasteiger partial charge in [-0.05, 0) is 57.9 Å². The van der Waals surface area contributed by atoms with Crippen molar-refractivity contribution in [3.63, 3.8) is 0 Å². The minimum atomic E-state index is -0.102. The number of aliphatic hydroxyl groups excluding tert-OH is 1. The first-order chi connectivity index (χ1) is 12.2. The quantitative estimate of drug-likeness (QED) is 0.772. The molecule has 0 spiro atoms. The summed E-state index contributed by atoms with van der Waals surface area (Å²) in [6, 6.07) is 6.02. The van der Waals surface area contributed by atoms with E-state index < -0.39 is 0 Å². The number of ether oxygens (including phenoxy) is 1. The molecule has 2 rings (SSSR count). The van der Waals surface area contributed by atoms with Gasteiger partial charge in [-0.25, -0.2) is 0 Å². The van der Waals surface area contributed by atoms with Crippen molar-refractivity contribution >= 4 is 5.91 Å². The molecular weight excluding hydrogens is 328 g/mol. The molecule has 5 nitrogen and oxygen atoms in total. The highest BCUT2D eigenvalue weighted by Crippen LogP contribution is 2.27. The van der Waals surface area contributed by atoms with Crippen LogP contribution >= 0.6 is 0 Å². The fourth-order valence-corrected chi connectivity index (χ4v) is 3.58. The Morgan fingerprint density at radius 1 is 1.35 bits per heavy atom. The van der Waals surface area contributed by atoms with E-state index in [-0.39, 0.29) is 18.1 Å². The van der Waals surface area contributed by atoms with Crippen molar-refractivity contribution < 1.29 is 14.6 Å². The molecule has 1 amide bonds. The molecule has 1 atom stereocenters. The maximum atomic E-state index is 12.2. The first-order valence-corrected chi connectivity index (χ1v) is 9.59. The van der Waals surface area contributed by atoms with Gasteiger partial charge in [0.05, 0.1) is 13.2 Å². The van der Waals surface area contributed by atoms with Gasteiger partial charge in [-0.2, -0.15) is 0 Å². The Morgan fingerprint density at radius 2 is 2.08 bits per heavy atom. The van der Waals surface area contributed by atoms with Crippen molar-refractivity contribution in [1.29, 1.82) is 0 Å². The van der Waals surface area contributed by atoms with Gasteiger partial charge in [-0.3, -0.25) is 4.79 Å². The molecule has 1 N–H and O–H groups in total. The average Bonchev–Trinajstić information content (AvgIpc) is 2.93. The van der Waals surface area contributed by atoms with Crippen LogP contribution in [0, 0.1) is 5.92 Å². The summed E-state index contributed by atoms with van der Waals surface area (Å²) in [6.45, 7) is 11.5. The van der Waals surface area contributed by atoms with Crippen molar-refractivity contribution in [1.82, 2.24) is 9.80 Å². The zero-order valence-corrected chi connectivity index (χ0v) is 16.9.